The topological polar surface area (TPSA) is 131 Å². The molecule has 3 heterocycles. The number of nitro benzene ring substituents is 1. The molecule has 0 atom stereocenters. The summed E-state index contributed by atoms with van der Waals surface area (Å²) in [6, 6.07) is 2.69. The van der Waals surface area contributed by atoms with Crippen LogP contribution in [0.15, 0.2) is 21.7 Å². The quantitative estimate of drug-likeness (QED) is 0.446. The number of halogens is 1. The van der Waals surface area contributed by atoms with Crippen LogP contribution >= 0.6 is 12.4 Å². The zero-order valence-electron chi connectivity index (χ0n) is 14.4. The van der Waals surface area contributed by atoms with Gasteiger partial charge in [0.1, 0.15) is 0 Å². The van der Waals surface area contributed by atoms with Crippen molar-refractivity contribution in [3.63, 3.8) is 0 Å². The first kappa shape index (κ1) is 19.5. The van der Waals surface area contributed by atoms with Gasteiger partial charge in [0.15, 0.2) is 5.79 Å². The van der Waals surface area contributed by atoms with Crippen LogP contribution in [0.4, 0.5) is 5.69 Å². The minimum absolute atomic E-state index is 0. The van der Waals surface area contributed by atoms with E-state index >= 15 is 0 Å². The molecule has 0 saturated carbocycles. The normalized spacial score (nSPS) is 19.3. The van der Waals surface area contributed by atoms with Gasteiger partial charge in [-0.15, -0.1) is 12.4 Å². The van der Waals surface area contributed by atoms with Gasteiger partial charge in [0, 0.05) is 44.6 Å². The van der Waals surface area contributed by atoms with Crippen molar-refractivity contribution in [2.75, 3.05) is 26.3 Å². The second-order valence-corrected chi connectivity index (χ2v) is 6.58. The molecule has 27 heavy (non-hydrogen) atoms. The number of nitrogens with one attached hydrogen (secondary N) is 2. The van der Waals surface area contributed by atoms with E-state index in [1.54, 1.807) is 0 Å². The van der Waals surface area contributed by atoms with Crippen molar-refractivity contribution >= 4 is 29.1 Å². The fourth-order valence-electron chi connectivity index (χ4n) is 3.59. The Balaban J connectivity index is 0.00000210. The Morgan fingerprint density at radius 3 is 2.37 bits per heavy atom. The van der Waals surface area contributed by atoms with Crippen molar-refractivity contribution in [2.45, 2.75) is 25.2 Å². The molecule has 0 aliphatic carbocycles. The Labute approximate surface area is 159 Å². The highest BCUT2D eigenvalue weighted by Gasteiger charge is 2.39. The van der Waals surface area contributed by atoms with Crippen LogP contribution in [0.3, 0.4) is 0 Å². The zero-order valence-corrected chi connectivity index (χ0v) is 15.2. The Bertz CT molecular complexity index is 971. The maximum atomic E-state index is 11.7. The number of benzene rings is 1. The Morgan fingerprint density at radius 1 is 1.11 bits per heavy atom. The van der Waals surface area contributed by atoms with Crippen LogP contribution in [0.25, 0.3) is 11.0 Å². The number of nitrogens with zero attached hydrogens (tertiary/aromatic N) is 2. The molecule has 1 aromatic carbocycles. The van der Waals surface area contributed by atoms with Crippen LogP contribution in [-0.2, 0) is 16.0 Å². The summed E-state index contributed by atoms with van der Waals surface area (Å²) in [5.41, 5.74) is -0.501. The van der Waals surface area contributed by atoms with Gasteiger partial charge in [-0.25, -0.2) is 0 Å². The van der Waals surface area contributed by atoms with Gasteiger partial charge in [0.25, 0.3) is 5.69 Å². The van der Waals surface area contributed by atoms with Gasteiger partial charge in [0.2, 0.25) is 0 Å². The second-order valence-electron chi connectivity index (χ2n) is 6.58. The first-order valence-corrected chi connectivity index (χ1v) is 8.40. The van der Waals surface area contributed by atoms with Gasteiger partial charge < -0.3 is 19.4 Å². The number of piperidine rings is 1. The highest BCUT2D eigenvalue weighted by molar-refractivity contribution is 5.85. The summed E-state index contributed by atoms with van der Waals surface area (Å²) in [5, 5.41) is 11.2. The fourth-order valence-corrected chi connectivity index (χ4v) is 3.59. The predicted molar refractivity (Wildman–Crippen MR) is 98.2 cm³/mol. The summed E-state index contributed by atoms with van der Waals surface area (Å²) in [6.45, 7) is 3.03. The van der Waals surface area contributed by atoms with E-state index < -0.39 is 21.8 Å². The number of fused-ring (bicyclic) bond motifs is 1. The van der Waals surface area contributed by atoms with Crippen LogP contribution in [-0.4, -0.2) is 51.9 Å². The number of hydrogen-bond acceptors (Lipinski definition) is 7. The SMILES string of the molecule is Cl.O=c1[nH]c2cc([N+](=O)[O-])cc(CN3CCC4(CC3)OCCO4)c2[nH]c1=O. The number of aromatic amines is 2. The number of H-pyrrole nitrogens is 2. The molecular formula is C16H19ClN4O6. The van der Waals surface area contributed by atoms with E-state index in [1.807, 2.05) is 0 Å². The molecule has 1 spiro atoms. The summed E-state index contributed by atoms with van der Waals surface area (Å²) in [6.07, 6.45) is 1.43. The third kappa shape index (κ3) is 3.74. The Morgan fingerprint density at radius 2 is 1.74 bits per heavy atom. The average molecular weight is 399 g/mol. The van der Waals surface area contributed by atoms with Gasteiger partial charge in [0.05, 0.1) is 29.2 Å². The second kappa shape index (κ2) is 7.39. The molecule has 2 fully saturated rings. The van der Waals surface area contributed by atoms with Crippen LogP contribution in [0.5, 0.6) is 0 Å². The van der Waals surface area contributed by atoms with Crippen LogP contribution in [0.1, 0.15) is 18.4 Å². The largest absolute Gasteiger partial charge is 0.347 e. The summed E-state index contributed by atoms with van der Waals surface area (Å²) in [7, 11) is 0. The molecule has 11 heteroatoms. The molecule has 2 aliphatic heterocycles. The van der Waals surface area contributed by atoms with Crippen molar-refractivity contribution in [2.24, 2.45) is 0 Å². The van der Waals surface area contributed by atoms with E-state index in [1.165, 1.54) is 12.1 Å². The summed E-state index contributed by atoms with van der Waals surface area (Å²) >= 11 is 0. The van der Waals surface area contributed by atoms with Crippen LogP contribution < -0.4 is 11.1 Å². The average Bonchev–Trinajstić information content (AvgIpc) is 3.06. The summed E-state index contributed by atoms with van der Waals surface area (Å²) < 4.78 is 11.4. The molecular weight excluding hydrogens is 380 g/mol. The lowest BCUT2D eigenvalue weighted by atomic mass is 10.0. The molecule has 0 bridgehead atoms. The number of likely N-dealkylation sites (tertiary alicyclic amines) is 1. The molecule has 2 aliphatic rings. The monoisotopic (exact) mass is 398 g/mol. The lowest BCUT2D eigenvalue weighted by Crippen LogP contribution is -2.44. The number of non-ortho nitro benzene ring substituents is 1. The molecule has 0 amide bonds. The lowest BCUT2D eigenvalue weighted by Gasteiger charge is -2.37. The molecule has 1 aromatic heterocycles. The van der Waals surface area contributed by atoms with Gasteiger partial charge in [-0.3, -0.25) is 24.6 Å². The fraction of sp³-hybridized carbons (Fsp3) is 0.500. The number of ether oxygens (including phenoxy) is 2. The zero-order chi connectivity index (χ0) is 18.3. The molecule has 4 rings (SSSR count). The van der Waals surface area contributed by atoms with E-state index in [2.05, 4.69) is 14.9 Å². The van der Waals surface area contributed by atoms with Gasteiger partial charge in [-0.1, -0.05) is 0 Å². The minimum atomic E-state index is -0.834. The maximum absolute atomic E-state index is 11.7. The van der Waals surface area contributed by atoms with Crippen molar-refractivity contribution in [1.82, 2.24) is 14.9 Å². The van der Waals surface area contributed by atoms with Gasteiger partial charge >= 0.3 is 11.1 Å². The molecule has 146 valence electrons. The highest BCUT2D eigenvalue weighted by atomic mass is 35.5. The van der Waals surface area contributed by atoms with Crippen molar-refractivity contribution < 1.29 is 14.4 Å². The Hall–Kier alpha value is -2.27. The minimum Gasteiger partial charge on any atom is -0.347 e. The number of hydrogen-bond donors (Lipinski definition) is 2. The van der Waals surface area contributed by atoms with Crippen LogP contribution in [0, 0.1) is 10.1 Å². The molecule has 0 radical (unpaired) electrons. The van der Waals surface area contributed by atoms with Gasteiger partial charge in [-0.2, -0.15) is 0 Å². The smallest absolute Gasteiger partial charge is 0.314 e. The number of nitro groups is 1. The standard InChI is InChI=1S/C16H18N4O6.ClH/c21-14-15(22)18-13-10(7-11(20(23)24)8-12(13)17-14)9-19-3-1-16(2-4-19)25-5-6-26-16;/h7-8H,1-6,9H2,(H,17,21)(H,18,22);1H. The van der Waals surface area contributed by atoms with Crippen molar-refractivity contribution in [1.29, 1.82) is 0 Å². The molecule has 2 saturated heterocycles. The van der Waals surface area contributed by atoms with E-state index in [0.717, 1.165) is 0 Å². The Kier molecular flexibility index (Phi) is 5.33. The van der Waals surface area contributed by atoms with Crippen LogP contribution in [0.2, 0.25) is 0 Å². The molecule has 2 N–H and O–H groups in total. The lowest BCUT2D eigenvalue weighted by molar-refractivity contribution is -0.384. The van der Waals surface area contributed by atoms with E-state index in [4.69, 9.17) is 9.47 Å². The summed E-state index contributed by atoms with van der Waals surface area (Å²) in [5.74, 6) is -0.499. The third-order valence-electron chi connectivity index (χ3n) is 4.93. The van der Waals surface area contributed by atoms with E-state index in [9.17, 15) is 19.7 Å². The van der Waals surface area contributed by atoms with E-state index in [0.29, 0.717) is 56.8 Å². The van der Waals surface area contributed by atoms with E-state index in [-0.39, 0.29) is 23.6 Å². The number of rotatable bonds is 3. The van der Waals surface area contributed by atoms with Gasteiger partial charge in [-0.05, 0) is 5.56 Å². The third-order valence-corrected chi connectivity index (χ3v) is 4.93. The molecule has 0 unspecified atom stereocenters. The highest BCUT2D eigenvalue weighted by Crippen LogP contribution is 2.32. The van der Waals surface area contributed by atoms with Crippen molar-refractivity contribution in [3.8, 4) is 0 Å². The first-order valence-electron chi connectivity index (χ1n) is 8.40. The summed E-state index contributed by atoms with van der Waals surface area (Å²) in [4.78, 5) is 41.0. The number of aromatic nitrogens is 2. The molecule has 10 nitrogen and oxygen atoms in total. The van der Waals surface area contributed by atoms with Crippen molar-refractivity contribution in [3.05, 3.63) is 48.5 Å². The predicted octanol–water partition coefficient (Wildman–Crippen LogP) is 0.885. The first-order chi connectivity index (χ1) is 12.5. The molecule has 2 aromatic rings. The maximum Gasteiger partial charge on any atom is 0.314 e.